The number of fused-ring (bicyclic) bond motifs is 1. The molecule has 1 unspecified atom stereocenters. The van der Waals surface area contributed by atoms with E-state index in [1.54, 1.807) is 24.4 Å². The van der Waals surface area contributed by atoms with Crippen molar-refractivity contribution in [1.82, 2.24) is 24.9 Å². The number of nitrogens with zero attached hydrogens (tertiary/aromatic N) is 4. The number of piperidine rings is 2. The lowest BCUT2D eigenvalue weighted by molar-refractivity contribution is -0.140. The number of imide groups is 2. The average molecular weight is 549 g/mol. The van der Waals surface area contributed by atoms with Gasteiger partial charge in [0, 0.05) is 62.6 Å². The molecular weight excluding hydrogens is 516 g/mol. The van der Waals surface area contributed by atoms with Crippen molar-refractivity contribution in [3.05, 3.63) is 47.3 Å². The average Bonchev–Trinajstić information content (AvgIpc) is 3.55. The van der Waals surface area contributed by atoms with Gasteiger partial charge in [-0.2, -0.15) is 5.10 Å². The van der Waals surface area contributed by atoms with Crippen molar-refractivity contribution in [2.24, 2.45) is 5.92 Å². The highest BCUT2D eigenvalue weighted by Crippen LogP contribution is 2.33. The summed E-state index contributed by atoms with van der Waals surface area (Å²) in [7, 11) is 0. The fourth-order valence-corrected chi connectivity index (χ4v) is 6.08. The fourth-order valence-electron chi connectivity index (χ4n) is 6.08. The van der Waals surface area contributed by atoms with Gasteiger partial charge in [-0.15, -0.1) is 0 Å². The topological polar surface area (TPSA) is 143 Å². The van der Waals surface area contributed by atoms with Crippen LogP contribution in [0.5, 0.6) is 0 Å². The van der Waals surface area contributed by atoms with Crippen LogP contribution >= 0.6 is 0 Å². The summed E-state index contributed by atoms with van der Waals surface area (Å²) < 4.78 is 7.33. The Morgan fingerprint density at radius 1 is 1.02 bits per heavy atom. The Bertz CT molecular complexity index is 1360. The molecule has 5 heterocycles. The van der Waals surface area contributed by atoms with Crippen LogP contribution in [0.1, 0.15) is 70.8 Å². The predicted molar refractivity (Wildman–Crippen MR) is 141 cm³/mol. The van der Waals surface area contributed by atoms with Crippen LogP contribution in [0, 0.1) is 5.92 Å². The number of likely N-dealkylation sites (tertiary alicyclic amines) is 1. The van der Waals surface area contributed by atoms with Crippen molar-refractivity contribution >= 4 is 35.2 Å². The highest BCUT2D eigenvalue weighted by Gasteiger charge is 2.45. The fraction of sp³-hybridized carbons (Fsp3) is 0.500. The first-order valence-corrected chi connectivity index (χ1v) is 13.9. The Morgan fingerprint density at radius 3 is 2.55 bits per heavy atom. The van der Waals surface area contributed by atoms with Crippen molar-refractivity contribution in [2.45, 2.75) is 57.2 Å². The van der Waals surface area contributed by atoms with Gasteiger partial charge < -0.3 is 15.0 Å². The minimum atomic E-state index is -1.01. The number of carbonyl (C=O) groups excluding carboxylic acids is 5. The van der Waals surface area contributed by atoms with E-state index in [2.05, 4.69) is 15.7 Å². The van der Waals surface area contributed by atoms with Crippen molar-refractivity contribution in [3.63, 3.8) is 0 Å². The third-order valence-electron chi connectivity index (χ3n) is 8.33. The maximum atomic E-state index is 13.3. The molecule has 12 heteroatoms. The number of hydrogen-bond acceptors (Lipinski definition) is 8. The van der Waals surface area contributed by atoms with E-state index < -0.39 is 29.7 Å². The lowest BCUT2D eigenvalue weighted by Gasteiger charge is -2.35. The van der Waals surface area contributed by atoms with Gasteiger partial charge in [0.25, 0.3) is 11.8 Å². The second-order valence-corrected chi connectivity index (χ2v) is 10.8. The van der Waals surface area contributed by atoms with Crippen LogP contribution in [0.3, 0.4) is 0 Å². The number of rotatable bonds is 6. The molecular formula is C28H32N6O6. The van der Waals surface area contributed by atoms with Crippen LogP contribution in [0.15, 0.2) is 30.6 Å². The molecule has 12 nitrogen and oxygen atoms in total. The molecule has 0 radical (unpaired) electrons. The zero-order chi connectivity index (χ0) is 27.8. The molecule has 2 N–H and O–H groups in total. The van der Waals surface area contributed by atoms with E-state index in [1.165, 1.54) is 0 Å². The van der Waals surface area contributed by atoms with Gasteiger partial charge in [0.05, 0.1) is 23.4 Å². The highest BCUT2D eigenvalue weighted by molar-refractivity contribution is 6.25. The molecule has 40 heavy (non-hydrogen) atoms. The van der Waals surface area contributed by atoms with Gasteiger partial charge in [-0.3, -0.25) is 38.9 Å². The van der Waals surface area contributed by atoms with Crippen molar-refractivity contribution in [2.75, 3.05) is 31.6 Å². The second-order valence-electron chi connectivity index (χ2n) is 10.8. The molecule has 4 aliphatic heterocycles. The van der Waals surface area contributed by atoms with E-state index in [0.29, 0.717) is 38.5 Å². The van der Waals surface area contributed by atoms with E-state index in [4.69, 9.17) is 4.74 Å². The standard InChI is InChI=1S/C28H32N6O6/c35-23-5-4-22(25(36)31-23)34-27(38)20-2-1-3-21(24(20)28(34)39)29-14-17-15-30-33(16-17)19-6-10-32(11-7-19)26(37)18-8-12-40-13-9-18/h1-3,15-16,18-19,22,29H,4-14H2,(H,31,35,36). The zero-order valence-electron chi connectivity index (χ0n) is 22.1. The quantitative estimate of drug-likeness (QED) is 0.517. The smallest absolute Gasteiger partial charge is 0.264 e. The molecule has 1 aromatic carbocycles. The van der Waals surface area contributed by atoms with Crippen molar-refractivity contribution in [1.29, 1.82) is 0 Å². The van der Waals surface area contributed by atoms with Crippen LogP contribution < -0.4 is 10.6 Å². The highest BCUT2D eigenvalue weighted by atomic mass is 16.5. The Morgan fingerprint density at radius 2 is 1.80 bits per heavy atom. The molecule has 210 valence electrons. The third kappa shape index (κ3) is 4.87. The number of benzene rings is 1. The number of aromatic nitrogens is 2. The molecule has 3 fully saturated rings. The molecule has 4 aliphatic rings. The molecule has 6 rings (SSSR count). The maximum Gasteiger partial charge on any atom is 0.264 e. The molecule has 2 aromatic rings. The van der Waals surface area contributed by atoms with Crippen LogP contribution in [0.4, 0.5) is 5.69 Å². The zero-order valence-corrected chi connectivity index (χ0v) is 22.1. The SMILES string of the molecule is O=C1CCC(N2C(=O)c3cccc(NCc4cnn(C5CCN(C(=O)C6CCOCC6)CC5)c4)c3C2=O)C(=O)N1. The van der Waals surface area contributed by atoms with Crippen LogP contribution in [0.25, 0.3) is 0 Å². The summed E-state index contributed by atoms with van der Waals surface area (Å²) in [6, 6.07) is 4.20. The van der Waals surface area contributed by atoms with Crippen LogP contribution in [0.2, 0.25) is 0 Å². The summed E-state index contributed by atoms with van der Waals surface area (Å²) in [4.78, 5) is 66.0. The van der Waals surface area contributed by atoms with E-state index in [1.807, 2.05) is 15.8 Å². The Labute approximate surface area is 231 Å². The maximum absolute atomic E-state index is 13.3. The summed E-state index contributed by atoms with van der Waals surface area (Å²) in [6.45, 7) is 3.13. The molecule has 0 spiro atoms. The number of ether oxygens (including phenoxy) is 1. The Kier molecular flexibility index (Phi) is 7.09. The molecule has 0 aliphatic carbocycles. The van der Waals surface area contributed by atoms with Gasteiger partial charge in [0.2, 0.25) is 17.7 Å². The van der Waals surface area contributed by atoms with Gasteiger partial charge in [0.1, 0.15) is 6.04 Å². The van der Waals surface area contributed by atoms with Crippen molar-refractivity contribution < 1.29 is 28.7 Å². The van der Waals surface area contributed by atoms with E-state index in [9.17, 15) is 24.0 Å². The first-order valence-electron chi connectivity index (χ1n) is 13.9. The molecule has 1 atom stereocenters. The van der Waals surface area contributed by atoms with Gasteiger partial charge in [-0.25, -0.2) is 0 Å². The third-order valence-corrected chi connectivity index (χ3v) is 8.33. The minimum Gasteiger partial charge on any atom is -0.381 e. The van der Waals surface area contributed by atoms with Gasteiger partial charge >= 0.3 is 0 Å². The Hall–Kier alpha value is -4.06. The lowest BCUT2D eigenvalue weighted by Crippen LogP contribution is -2.54. The number of hydrogen-bond donors (Lipinski definition) is 2. The minimum absolute atomic E-state index is 0.0736. The monoisotopic (exact) mass is 548 g/mol. The lowest BCUT2D eigenvalue weighted by atomic mass is 9.96. The van der Waals surface area contributed by atoms with Gasteiger partial charge in [-0.1, -0.05) is 6.07 Å². The van der Waals surface area contributed by atoms with Crippen molar-refractivity contribution in [3.8, 4) is 0 Å². The Balaban J connectivity index is 1.07. The van der Waals surface area contributed by atoms with Gasteiger partial charge in [-0.05, 0) is 44.2 Å². The largest absolute Gasteiger partial charge is 0.381 e. The number of carbonyl (C=O) groups is 5. The number of nitrogens with one attached hydrogen (secondary N) is 2. The predicted octanol–water partition coefficient (Wildman–Crippen LogP) is 1.49. The first kappa shape index (κ1) is 26.2. The second kappa shape index (κ2) is 10.8. The van der Waals surface area contributed by atoms with Gasteiger partial charge in [0.15, 0.2) is 0 Å². The summed E-state index contributed by atoms with van der Waals surface area (Å²) >= 11 is 0. The van der Waals surface area contributed by atoms with E-state index >= 15 is 0 Å². The summed E-state index contributed by atoms with van der Waals surface area (Å²) in [5.41, 5.74) is 1.87. The molecule has 1 aromatic heterocycles. The first-order chi connectivity index (χ1) is 19.4. The van der Waals surface area contributed by atoms with E-state index in [-0.39, 0.29) is 41.8 Å². The van der Waals surface area contributed by atoms with Crippen LogP contribution in [-0.4, -0.2) is 81.5 Å². The normalized spacial score (nSPS) is 22.4. The summed E-state index contributed by atoms with van der Waals surface area (Å²) in [5, 5.41) is 10.0. The molecule has 5 amide bonds. The number of amides is 5. The summed E-state index contributed by atoms with van der Waals surface area (Å²) in [6.07, 6.45) is 7.20. The number of anilines is 1. The molecule has 0 saturated carbocycles. The van der Waals surface area contributed by atoms with E-state index in [0.717, 1.165) is 36.1 Å². The van der Waals surface area contributed by atoms with Crippen LogP contribution in [-0.2, 0) is 25.7 Å². The summed E-state index contributed by atoms with van der Waals surface area (Å²) in [5.74, 6) is -1.80. The molecule has 0 bridgehead atoms. The molecule has 3 saturated heterocycles.